The third kappa shape index (κ3) is 2.43. The van der Waals surface area contributed by atoms with Crippen molar-refractivity contribution in [1.82, 2.24) is 4.98 Å². The summed E-state index contributed by atoms with van der Waals surface area (Å²) in [4.78, 5) is 3.86. The quantitative estimate of drug-likeness (QED) is 0.904. The summed E-state index contributed by atoms with van der Waals surface area (Å²) < 4.78 is 26.9. The predicted molar refractivity (Wildman–Crippen MR) is 62.6 cm³/mol. The molecule has 0 atom stereocenters. The van der Waals surface area contributed by atoms with Crippen LogP contribution in [-0.2, 0) is 6.54 Å². The molecule has 2 rings (SSSR count). The number of hydrogen-bond donors (Lipinski definition) is 1. The van der Waals surface area contributed by atoms with E-state index in [0.717, 1.165) is 5.56 Å². The molecule has 0 aliphatic rings. The number of nitrogens with one attached hydrogen (secondary N) is 1. The summed E-state index contributed by atoms with van der Waals surface area (Å²) in [7, 11) is 0. The lowest BCUT2D eigenvalue weighted by atomic mass is 10.2. The second kappa shape index (κ2) is 5.23. The van der Waals surface area contributed by atoms with Crippen LogP contribution in [0.2, 0.25) is 0 Å². The summed E-state index contributed by atoms with van der Waals surface area (Å²) in [5.74, 6) is -2.17. The Kier molecular flexibility index (Phi) is 3.49. The Labute approximate surface area is 103 Å². The van der Waals surface area contributed by atoms with E-state index in [4.69, 9.17) is 5.26 Å². The molecule has 0 unspecified atom stereocenters. The highest BCUT2D eigenvalue weighted by molar-refractivity contribution is 5.50. The van der Waals surface area contributed by atoms with Crippen molar-refractivity contribution in [3.63, 3.8) is 0 Å². The average Bonchev–Trinajstić information content (AvgIpc) is 2.42. The van der Waals surface area contributed by atoms with Gasteiger partial charge in [-0.3, -0.25) is 4.98 Å². The van der Waals surface area contributed by atoms with E-state index in [1.54, 1.807) is 30.6 Å². The van der Waals surface area contributed by atoms with Crippen molar-refractivity contribution in [2.45, 2.75) is 6.54 Å². The number of aromatic nitrogens is 1. The van der Waals surface area contributed by atoms with Gasteiger partial charge < -0.3 is 5.32 Å². The summed E-state index contributed by atoms with van der Waals surface area (Å²) in [5, 5.41) is 11.3. The van der Waals surface area contributed by atoms with Gasteiger partial charge in [-0.25, -0.2) is 8.78 Å². The summed E-state index contributed by atoms with van der Waals surface area (Å²) in [6.45, 7) is 0.352. The van der Waals surface area contributed by atoms with Crippen LogP contribution in [0.3, 0.4) is 0 Å². The van der Waals surface area contributed by atoms with E-state index < -0.39 is 11.6 Å². The summed E-state index contributed by atoms with van der Waals surface area (Å²) in [5.41, 5.74) is 0.624. The summed E-state index contributed by atoms with van der Waals surface area (Å²) >= 11 is 0. The lowest BCUT2D eigenvalue weighted by Crippen LogP contribution is -2.03. The molecule has 1 aromatic heterocycles. The lowest BCUT2D eigenvalue weighted by molar-refractivity contribution is 0.508. The second-order valence-corrected chi connectivity index (χ2v) is 3.61. The highest BCUT2D eigenvalue weighted by atomic mass is 19.2. The molecule has 2 aromatic rings. The van der Waals surface area contributed by atoms with Gasteiger partial charge in [-0.05, 0) is 29.8 Å². The number of nitrogens with zero attached hydrogens (tertiary/aromatic N) is 2. The van der Waals surface area contributed by atoms with Crippen molar-refractivity contribution in [2.75, 3.05) is 5.32 Å². The maximum atomic E-state index is 13.6. The van der Waals surface area contributed by atoms with Gasteiger partial charge in [0.2, 0.25) is 0 Å². The molecular formula is C13H9F2N3. The van der Waals surface area contributed by atoms with Crippen LogP contribution in [0, 0.1) is 23.0 Å². The zero-order valence-corrected chi connectivity index (χ0v) is 9.32. The molecule has 18 heavy (non-hydrogen) atoms. The van der Waals surface area contributed by atoms with Gasteiger partial charge in [0, 0.05) is 18.9 Å². The van der Waals surface area contributed by atoms with E-state index >= 15 is 0 Å². The van der Waals surface area contributed by atoms with Crippen LogP contribution in [0.25, 0.3) is 0 Å². The minimum absolute atomic E-state index is 0.0308. The van der Waals surface area contributed by atoms with Gasteiger partial charge in [0.1, 0.15) is 6.07 Å². The van der Waals surface area contributed by atoms with Gasteiger partial charge in [0.25, 0.3) is 0 Å². The molecule has 0 saturated heterocycles. The molecule has 0 saturated carbocycles. The highest BCUT2D eigenvalue weighted by Crippen LogP contribution is 2.20. The van der Waals surface area contributed by atoms with Crippen molar-refractivity contribution in [3.8, 4) is 6.07 Å². The number of hydrogen-bond acceptors (Lipinski definition) is 3. The van der Waals surface area contributed by atoms with Gasteiger partial charge in [-0.1, -0.05) is 0 Å². The molecule has 0 fully saturated rings. The van der Waals surface area contributed by atoms with Crippen molar-refractivity contribution in [3.05, 3.63) is 59.4 Å². The standard InChI is InChI=1S/C13H9F2N3/c14-12-10(7-16)1-2-11(13(12)15)18-8-9-3-5-17-6-4-9/h1-6,18H,8H2. The Morgan fingerprint density at radius 1 is 1.11 bits per heavy atom. The van der Waals surface area contributed by atoms with Crippen LogP contribution in [0.4, 0.5) is 14.5 Å². The van der Waals surface area contributed by atoms with Crippen LogP contribution >= 0.6 is 0 Å². The summed E-state index contributed by atoms with van der Waals surface area (Å²) in [6.07, 6.45) is 3.24. The largest absolute Gasteiger partial charge is 0.379 e. The van der Waals surface area contributed by atoms with Gasteiger partial charge in [0.05, 0.1) is 11.3 Å². The number of benzene rings is 1. The molecule has 5 heteroatoms. The second-order valence-electron chi connectivity index (χ2n) is 3.61. The number of anilines is 1. The first-order chi connectivity index (χ1) is 8.72. The molecule has 1 aromatic carbocycles. The van der Waals surface area contributed by atoms with Crippen molar-refractivity contribution >= 4 is 5.69 Å². The minimum Gasteiger partial charge on any atom is -0.379 e. The van der Waals surface area contributed by atoms with Crippen molar-refractivity contribution in [1.29, 1.82) is 5.26 Å². The van der Waals surface area contributed by atoms with Crippen LogP contribution in [-0.4, -0.2) is 4.98 Å². The van der Waals surface area contributed by atoms with E-state index in [2.05, 4.69) is 10.3 Å². The monoisotopic (exact) mass is 245 g/mol. The van der Waals surface area contributed by atoms with E-state index in [1.807, 2.05) is 0 Å². The Balaban J connectivity index is 2.16. The fraction of sp³-hybridized carbons (Fsp3) is 0.0769. The van der Waals surface area contributed by atoms with Crippen molar-refractivity contribution < 1.29 is 8.78 Å². The summed E-state index contributed by atoms with van der Waals surface area (Å²) in [6, 6.07) is 7.71. The number of rotatable bonds is 3. The Morgan fingerprint density at radius 3 is 2.50 bits per heavy atom. The fourth-order valence-corrected chi connectivity index (χ4v) is 1.47. The van der Waals surface area contributed by atoms with Crippen LogP contribution in [0.5, 0.6) is 0 Å². The first-order valence-electron chi connectivity index (χ1n) is 5.23. The van der Waals surface area contributed by atoms with E-state index in [1.165, 1.54) is 12.1 Å². The number of nitriles is 1. The molecule has 1 N–H and O–H groups in total. The maximum absolute atomic E-state index is 13.6. The molecular weight excluding hydrogens is 236 g/mol. The van der Waals surface area contributed by atoms with Crippen LogP contribution in [0.1, 0.15) is 11.1 Å². The molecule has 1 heterocycles. The molecule has 0 spiro atoms. The third-order valence-corrected chi connectivity index (χ3v) is 2.44. The van der Waals surface area contributed by atoms with Crippen LogP contribution < -0.4 is 5.32 Å². The smallest absolute Gasteiger partial charge is 0.183 e. The van der Waals surface area contributed by atoms with Crippen LogP contribution in [0.15, 0.2) is 36.7 Å². The first-order valence-corrected chi connectivity index (χ1v) is 5.23. The zero-order chi connectivity index (χ0) is 13.0. The third-order valence-electron chi connectivity index (χ3n) is 2.44. The van der Waals surface area contributed by atoms with Gasteiger partial charge >= 0.3 is 0 Å². The molecule has 0 radical (unpaired) electrons. The SMILES string of the molecule is N#Cc1ccc(NCc2ccncc2)c(F)c1F. The maximum Gasteiger partial charge on any atom is 0.183 e. The molecule has 3 nitrogen and oxygen atoms in total. The number of halogens is 2. The minimum atomic E-state index is -1.13. The zero-order valence-electron chi connectivity index (χ0n) is 9.32. The highest BCUT2D eigenvalue weighted by Gasteiger charge is 2.12. The Bertz CT molecular complexity index is 591. The first kappa shape index (κ1) is 12.0. The lowest BCUT2D eigenvalue weighted by Gasteiger charge is -2.08. The normalized spacial score (nSPS) is 9.83. The molecule has 0 amide bonds. The molecule has 0 aliphatic heterocycles. The van der Waals surface area contributed by atoms with E-state index in [9.17, 15) is 8.78 Å². The molecule has 0 bridgehead atoms. The molecule has 90 valence electrons. The van der Waals surface area contributed by atoms with E-state index in [0.29, 0.717) is 6.54 Å². The Morgan fingerprint density at radius 2 is 1.83 bits per heavy atom. The molecule has 0 aliphatic carbocycles. The topological polar surface area (TPSA) is 48.7 Å². The van der Waals surface area contributed by atoms with Gasteiger partial charge in [-0.2, -0.15) is 5.26 Å². The van der Waals surface area contributed by atoms with Gasteiger partial charge in [0.15, 0.2) is 11.6 Å². The fourth-order valence-electron chi connectivity index (χ4n) is 1.47. The Hall–Kier alpha value is -2.48. The van der Waals surface area contributed by atoms with Crippen molar-refractivity contribution in [2.24, 2.45) is 0 Å². The predicted octanol–water partition coefficient (Wildman–Crippen LogP) is 2.84. The number of pyridine rings is 1. The van der Waals surface area contributed by atoms with Gasteiger partial charge in [-0.15, -0.1) is 0 Å². The van der Waals surface area contributed by atoms with E-state index in [-0.39, 0.29) is 11.3 Å². The average molecular weight is 245 g/mol.